The highest BCUT2D eigenvalue weighted by atomic mass is 16.6. The molecule has 27 heavy (non-hydrogen) atoms. The molecule has 0 heterocycles. The zero-order chi connectivity index (χ0) is 20.4. The Bertz CT molecular complexity index is 624. The zero-order valence-corrected chi connectivity index (χ0v) is 16.6. The smallest absolute Gasteiger partial charge is 0.344 e. The van der Waals surface area contributed by atoms with Crippen LogP contribution in [0.15, 0.2) is 24.3 Å². The van der Waals surface area contributed by atoms with E-state index in [1.165, 1.54) is 12.7 Å². The van der Waals surface area contributed by atoms with Gasteiger partial charge in [0.25, 0.3) is 5.91 Å². The van der Waals surface area contributed by atoms with Crippen LogP contribution in [0.5, 0.6) is 5.75 Å². The van der Waals surface area contributed by atoms with Crippen molar-refractivity contribution in [3.05, 3.63) is 29.8 Å². The predicted molar refractivity (Wildman–Crippen MR) is 100 cm³/mol. The van der Waals surface area contributed by atoms with Crippen molar-refractivity contribution in [3.63, 3.8) is 0 Å². The van der Waals surface area contributed by atoms with E-state index in [4.69, 9.17) is 9.47 Å². The van der Waals surface area contributed by atoms with E-state index in [0.717, 1.165) is 0 Å². The first kappa shape index (κ1) is 22.5. The molecule has 0 aromatic heterocycles. The summed E-state index contributed by atoms with van der Waals surface area (Å²) >= 11 is 0. The highest BCUT2D eigenvalue weighted by Gasteiger charge is 2.23. The molecule has 1 amide bonds. The molecule has 0 aliphatic rings. The summed E-state index contributed by atoms with van der Waals surface area (Å²) in [6, 6.07) is 6.66. The molecule has 0 unspecified atom stereocenters. The third-order valence-corrected chi connectivity index (χ3v) is 3.80. The molecule has 0 bridgehead atoms. The van der Waals surface area contributed by atoms with Gasteiger partial charge < -0.3 is 19.5 Å². The number of carbonyl (C=O) groups is 3. The number of ether oxygens (including phenoxy) is 3. The fourth-order valence-corrected chi connectivity index (χ4v) is 2.34. The number of carbonyl (C=O) groups excluding carboxylic acids is 3. The number of amides is 1. The second-order valence-electron chi connectivity index (χ2n) is 6.95. The molecule has 1 rings (SSSR count). The van der Waals surface area contributed by atoms with Crippen LogP contribution in [-0.2, 0) is 23.9 Å². The van der Waals surface area contributed by atoms with Gasteiger partial charge in [-0.15, -0.1) is 0 Å². The first-order valence-corrected chi connectivity index (χ1v) is 8.98. The summed E-state index contributed by atoms with van der Waals surface area (Å²) in [7, 11) is 1.26. The summed E-state index contributed by atoms with van der Waals surface area (Å²) in [6.45, 7) is 7.23. The Morgan fingerprint density at radius 3 is 2.15 bits per heavy atom. The summed E-state index contributed by atoms with van der Waals surface area (Å²) in [5.74, 6) is -0.628. The van der Waals surface area contributed by atoms with E-state index < -0.39 is 30.5 Å². The molecule has 1 aromatic carbocycles. The molecule has 0 radical (unpaired) electrons. The van der Waals surface area contributed by atoms with Gasteiger partial charge in [-0.25, -0.2) is 9.59 Å². The minimum absolute atomic E-state index is 0.187. The van der Waals surface area contributed by atoms with Gasteiger partial charge in [0.05, 0.1) is 7.11 Å². The lowest BCUT2D eigenvalue weighted by Crippen LogP contribution is -2.44. The monoisotopic (exact) mass is 379 g/mol. The molecule has 0 spiro atoms. The first-order valence-electron chi connectivity index (χ1n) is 8.98. The van der Waals surface area contributed by atoms with Crippen molar-refractivity contribution in [1.29, 1.82) is 0 Å². The Morgan fingerprint density at radius 1 is 1.00 bits per heavy atom. The van der Waals surface area contributed by atoms with Crippen molar-refractivity contribution in [3.8, 4) is 5.75 Å². The van der Waals surface area contributed by atoms with Crippen LogP contribution in [0, 0.1) is 5.92 Å². The van der Waals surface area contributed by atoms with Crippen LogP contribution in [0.2, 0.25) is 0 Å². The first-order chi connectivity index (χ1) is 12.7. The molecule has 1 atom stereocenters. The topological polar surface area (TPSA) is 90.9 Å². The van der Waals surface area contributed by atoms with E-state index in [1.807, 2.05) is 26.0 Å². The van der Waals surface area contributed by atoms with Crippen molar-refractivity contribution in [2.24, 2.45) is 5.92 Å². The summed E-state index contributed by atoms with van der Waals surface area (Å²) < 4.78 is 14.9. The van der Waals surface area contributed by atoms with Crippen molar-refractivity contribution < 1.29 is 28.6 Å². The summed E-state index contributed by atoms with van der Waals surface area (Å²) in [4.78, 5) is 35.3. The van der Waals surface area contributed by atoms with Crippen LogP contribution < -0.4 is 10.1 Å². The largest absolute Gasteiger partial charge is 0.482 e. The number of benzene rings is 1. The molecule has 1 N–H and O–H groups in total. The molecule has 7 nitrogen and oxygen atoms in total. The van der Waals surface area contributed by atoms with Gasteiger partial charge in [-0.05, 0) is 36.0 Å². The lowest BCUT2D eigenvalue weighted by molar-refractivity contribution is -0.151. The Labute approximate surface area is 160 Å². The van der Waals surface area contributed by atoms with Gasteiger partial charge in [0.1, 0.15) is 11.8 Å². The van der Waals surface area contributed by atoms with Crippen molar-refractivity contribution in [2.45, 2.75) is 46.1 Å². The van der Waals surface area contributed by atoms with E-state index >= 15 is 0 Å². The minimum Gasteiger partial charge on any atom is -0.482 e. The van der Waals surface area contributed by atoms with E-state index in [9.17, 15) is 14.4 Å². The van der Waals surface area contributed by atoms with Crippen LogP contribution in [0.25, 0.3) is 0 Å². The van der Waals surface area contributed by atoms with Gasteiger partial charge in [0, 0.05) is 0 Å². The Balaban J connectivity index is 2.39. The molecular formula is C20H29NO6. The fourth-order valence-electron chi connectivity index (χ4n) is 2.34. The molecule has 0 saturated heterocycles. The van der Waals surface area contributed by atoms with Crippen LogP contribution in [-0.4, -0.2) is 44.2 Å². The second-order valence-corrected chi connectivity index (χ2v) is 6.95. The van der Waals surface area contributed by atoms with Gasteiger partial charge in [0.2, 0.25) is 0 Å². The van der Waals surface area contributed by atoms with Gasteiger partial charge >= 0.3 is 11.9 Å². The number of hydrogen-bond acceptors (Lipinski definition) is 6. The maximum Gasteiger partial charge on any atom is 0.344 e. The molecule has 0 aliphatic carbocycles. The molecular weight excluding hydrogens is 350 g/mol. The zero-order valence-electron chi connectivity index (χ0n) is 16.6. The molecule has 7 heteroatoms. The average molecular weight is 379 g/mol. The Kier molecular flexibility index (Phi) is 9.33. The third-order valence-electron chi connectivity index (χ3n) is 3.80. The SMILES string of the molecule is COC(=O)[C@H](CC(C)C)NC(=O)COC(=O)COc1ccc(C(C)C)cc1. The standard InChI is InChI=1S/C20H29NO6/c1-13(2)10-17(20(24)25-5)21-18(22)11-27-19(23)12-26-16-8-6-15(7-9-16)14(3)4/h6-9,13-14,17H,10-12H2,1-5H3,(H,21,22)/t17-/m0/s1. The van der Waals surface area contributed by atoms with E-state index in [1.54, 1.807) is 12.1 Å². The number of hydrogen-bond donors (Lipinski definition) is 1. The lowest BCUT2D eigenvalue weighted by Gasteiger charge is -2.18. The van der Waals surface area contributed by atoms with Gasteiger partial charge in [-0.2, -0.15) is 0 Å². The average Bonchev–Trinajstić information content (AvgIpc) is 2.63. The predicted octanol–water partition coefficient (Wildman–Crippen LogP) is 2.44. The number of esters is 2. The van der Waals surface area contributed by atoms with Crippen LogP contribution >= 0.6 is 0 Å². The number of nitrogens with one attached hydrogen (secondary N) is 1. The quantitative estimate of drug-likeness (QED) is 0.628. The van der Waals surface area contributed by atoms with Gasteiger partial charge in [-0.1, -0.05) is 39.8 Å². The maximum atomic E-state index is 11.9. The molecule has 1 aromatic rings. The number of methoxy groups -OCH3 is 1. The van der Waals surface area contributed by atoms with Crippen molar-refractivity contribution in [2.75, 3.05) is 20.3 Å². The second kappa shape index (κ2) is 11.2. The summed E-state index contributed by atoms with van der Waals surface area (Å²) in [5, 5.41) is 2.51. The normalized spacial score (nSPS) is 11.8. The van der Waals surface area contributed by atoms with Crippen LogP contribution in [0.1, 0.15) is 45.6 Å². The third kappa shape index (κ3) is 8.57. The van der Waals surface area contributed by atoms with Crippen molar-refractivity contribution >= 4 is 17.8 Å². The molecule has 0 saturated carbocycles. The van der Waals surface area contributed by atoms with E-state index in [2.05, 4.69) is 23.9 Å². The van der Waals surface area contributed by atoms with Gasteiger partial charge in [0.15, 0.2) is 13.2 Å². The van der Waals surface area contributed by atoms with E-state index in [0.29, 0.717) is 18.1 Å². The van der Waals surface area contributed by atoms with E-state index in [-0.39, 0.29) is 12.5 Å². The van der Waals surface area contributed by atoms with Gasteiger partial charge in [-0.3, -0.25) is 4.79 Å². The lowest BCUT2D eigenvalue weighted by atomic mass is 10.0. The number of rotatable bonds is 10. The highest BCUT2D eigenvalue weighted by molar-refractivity contribution is 5.86. The highest BCUT2D eigenvalue weighted by Crippen LogP contribution is 2.18. The van der Waals surface area contributed by atoms with Crippen molar-refractivity contribution in [1.82, 2.24) is 5.32 Å². The van der Waals surface area contributed by atoms with Crippen LogP contribution in [0.3, 0.4) is 0 Å². The maximum absolute atomic E-state index is 11.9. The molecule has 0 aliphatic heterocycles. The van der Waals surface area contributed by atoms with Crippen LogP contribution in [0.4, 0.5) is 0 Å². The molecule has 0 fully saturated rings. The summed E-state index contributed by atoms with van der Waals surface area (Å²) in [6.07, 6.45) is 0.432. The fraction of sp³-hybridized carbons (Fsp3) is 0.550. The minimum atomic E-state index is -0.767. The Morgan fingerprint density at radius 2 is 1.63 bits per heavy atom. The molecule has 150 valence electrons. The summed E-state index contributed by atoms with van der Waals surface area (Å²) in [5.41, 5.74) is 1.17. The Hall–Kier alpha value is -2.57.